The molecule has 1 saturated carbocycles. The van der Waals surface area contributed by atoms with E-state index in [-0.39, 0.29) is 11.5 Å². The lowest BCUT2D eigenvalue weighted by molar-refractivity contribution is 0.0195. The summed E-state index contributed by atoms with van der Waals surface area (Å²) in [5.41, 5.74) is 2.54. The van der Waals surface area contributed by atoms with Crippen LogP contribution >= 0.6 is 0 Å². The summed E-state index contributed by atoms with van der Waals surface area (Å²) in [4.78, 5) is 0. The fourth-order valence-corrected chi connectivity index (χ4v) is 1.80. The van der Waals surface area contributed by atoms with Crippen molar-refractivity contribution in [2.45, 2.75) is 26.4 Å². The van der Waals surface area contributed by atoms with Crippen molar-refractivity contribution in [2.75, 3.05) is 0 Å². The van der Waals surface area contributed by atoms with Crippen molar-refractivity contribution in [1.82, 2.24) is 0 Å². The summed E-state index contributed by atoms with van der Waals surface area (Å²) in [5.74, 6) is 0. The van der Waals surface area contributed by atoms with E-state index in [1.807, 2.05) is 18.2 Å². The second kappa shape index (κ2) is 3.25. The van der Waals surface area contributed by atoms with Gasteiger partial charge in [-0.25, -0.2) is 0 Å². The maximum Gasteiger partial charge on any atom is 0.0665 e. The minimum atomic E-state index is -0.169. The molecule has 1 N–H and O–H groups in total. The largest absolute Gasteiger partial charge is 0.392 e. The van der Waals surface area contributed by atoms with Gasteiger partial charge in [-0.05, 0) is 12.0 Å². The molecule has 1 atom stereocenters. The van der Waals surface area contributed by atoms with Crippen LogP contribution in [-0.2, 0) is 0 Å². The highest BCUT2D eigenvalue weighted by Gasteiger charge is 2.41. The number of hydrogen-bond donors (Lipinski definition) is 1. The smallest absolute Gasteiger partial charge is 0.0665 e. The first-order valence-corrected chi connectivity index (χ1v) is 5.05. The van der Waals surface area contributed by atoms with Crippen LogP contribution in [0.4, 0.5) is 0 Å². The van der Waals surface area contributed by atoms with Crippen LogP contribution in [0.25, 0.3) is 6.08 Å². The summed E-state index contributed by atoms with van der Waals surface area (Å²) in [5, 5.41) is 9.58. The Balaban J connectivity index is 2.22. The molecule has 2 rings (SSSR count). The van der Waals surface area contributed by atoms with Gasteiger partial charge in [0.25, 0.3) is 0 Å². The van der Waals surface area contributed by atoms with Gasteiger partial charge in [0.05, 0.1) is 6.10 Å². The Kier molecular flexibility index (Phi) is 2.20. The molecule has 1 unspecified atom stereocenters. The van der Waals surface area contributed by atoms with Crippen molar-refractivity contribution in [1.29, 1.82) is 0 Å². The summed E-state index contributed by atoms with van der Waals surface area (Å²) in [6.45, 7) is 4.19. The van der Waals surface area contributed by atoms with Crippen molar-refractivity contribution in [3.63, 3.8) is 0 Å². The molecule has 1 aliphatic carbocycles. The number of aliphatic hydroxyl groups is 1. The molecule has 1 aromatic rings. The van der Waals surface area contributed by atoms with E-state index in [1.54, 1.807) is 0 Å². The molecule has 0 heterocycles. The number of benzene rings is 1. The average Bonchev–Trinajstić information content (AvgIpc) is 2.19. The summed E-state index contributed by atoms with van der Waals surface area (Å²) < 4.78 is 0. The molecular weight excluding hydrogens is 172 g/mol. The molecule has 1 nitrogen and oxygen atoms in total. The molecule has 0 aliphatic heterocycles. The van der Waals surface area contributed by atoms with Crippen LogP contribution in [0.2, 0.25) is 0 Å². The third-order valence-corrected chi connectivity index (χ3v) is 3.21. The molecule has 0 saturated heterocycles. The molecule has 74 valence electrons. The van der Waals surface area contributed by atoms with E-state index in [9.17, 15) is 5.11 Å². The lowest BCUT2D eigenvalue weighted by Gasteiger charge is -2.44. The van der Waals surface area contributed by atoms with Crippen molar-refractivity contribution < 1.29 is 5.11 Å². The highest BCUT2D eigenvalue weighted by atomic mass is 16.3. The minimum Gasteiger partial charge on any atom is -0.392 e. The first-order chi connectivity index (χ1) is 6.60. The molecule has 0 bridgehead atoms. The molecule has 1 heteroatoms. The van der Waals surface area contributed by atoms with Crippen molar-refractivity contribution in [2.24, 2.45) is 5.41 Å². The van der Waals surface area contributed by atoms with Gasteiger partial charge in [-0.3, -0.25) is 0 Å². The fourth-order valence-electron chi connectivity index (χ4n) is 1.80. The van der Waals surface area contributed by atoms with E-state index in [0.29, 0.717) is 0 Å². The zero-order valence-corrected chi connectivity index (χ0v) is 8.70. The van der Waals surface area contributed by atoms with E-state index in [2.05, 4.69) is 32.1 Å². The van der Waals surface area contributed by atoms with Crippen LogP contribution in [0.3, 0.4) is 0 Å². The van der Waals surface area contributed by atoms with Gasteiger partial charge in [0.2, 0.25) is 0 Å². The van der Waals surface area contributed by atoms with E-state index >= 15 is 0 Å². The van der Waals surface area contributed by atoms with Crippen LogP contribution in [-0.4, -0.2) is 11.2 Å². The van der Waals surface area contributed by atoms with Crippen LogP contribution in [0.1, 0.15) is 25.8 Å². The van der Waals surface area contributed by atoms with Gasteiger partial charge in [-0.1, -0.05) is 55.8 Å². The zero-order valence-electron chi connectivity index (χ0n) is 8.70. The highest BCUT2D eigenvalue weighted by Crippen LogP contribution is 2.46. The molecule has 1 fully saturated rings. The predicted molar refractivity (Wildman–Crippen MR) is 58.8 cm³/mol. The van der Waals surface area contributed by atoms with Crippen LogP contribution in [0.15, 0.2) is 35.9 Å². The molecule has 14 heavy (non-hydrogen) atoms. The molecule has 0 amide bonds. The van der Waals surface area contributed by atoms with Gasteiger partial charge in [-0.2, -0.15) is 0 Å². The van der Waals surface area contributed by atoms with Crippen molar-refractivity contribution in [3.05, 3.63) is 41.5 Å². The Morgan fingerprint density at radius 2 is 1.93 bits per heavy atom. The first kappa shape index (κ1) is 9.47. The predicted octanol–water partition coefficient (Wildman–Crippen LogP) is 2.86. The molecule has 1 aliphatic rings. The standard InChI is InChI=1S/C13H16O/c1-13(2)11(9-12(13)14)8-10-6-4-3-5-7-10/h3-8,12,14H,9H2,1-2H3/b11-8+. The number of rotatable bonds is 1. The van der Waals surface area contributed by atoms with Crippen LogP contribution in [0, 0.1) is 5.41 Å². The van der Waals surface area contributed by atoms with E-state index in [1.165, 1.54) is 11.1 Å². The normalized spacial score (nSPS) is 27.4. The van der Waals surface area contributed by atoms with Gasteiger partial charge < -0.3 is 5.11 Å². The monoisotopic (exact) mass is 188 g/mol. The maximum absolute atomic E-state index is 9.58. The topological polar surface area (TPSA) is 20.2 Å². The number of aliphatic hydroxyl groups excluding tert-OH is 1. The van der Waals surface area contributed by atoms with Crippen LogP contribution < -0.4 is 0 Å². The molecule has 0 radical (unpaired) electrons. The summed E-state index contributed by atoms with van der Waals surface area (Å²) in [7, 11) is 0. The Hall–Kier alpha value is -1.08. The second-order valence-electron chi connectivity index (χ2n) is 4.52. The quantitative estimate of drug-likeness (QED) is 0.718. The Bertz CT molecular complexity index is 349. The molecular formula is C13H16O. The van der Waals surface area contributed by atoms with Gasteiger partial charge >= 0.3 is 0 Å². The number of hydrogen-bond acceptors (Lipinski definition) is 1. The highest BCUT2D eigenvalue weighted by molar-refractivity contribution is 5.56. The van der Waals surface area contributed by atoms with Gasteiger partial charge in [0.1, 0.15) is 0 Å². The Morgan fingerprint density at radius 3 is 2.43 bits per heavy atom. The maximum atomic E-state index is 9.58. The lowest BCUT2D eigenvalue weighted by Crippen LogP contribution is -2.42. The van der Waals surface area contributed by atoms with E-state index in [0.717, 1.165) is 6.42 Å². The second-order valence-corrected chi connectivity index (χ2v) is 4.52. The Labute approximate surface area is 85.1 Å². The van der Waals surface area contributed by atoms with Gasteiger partial charge in [0, 0.05) is 5.41 Å². The zero-order chi connectivity index (χ0) is 10.2. The van der Waals surface area contributed by atoms with E-state index < -0.39 is 0 Å². The summed E-state index contributed by atoms with van der Waals surface area (Å²) >= 11 is 0. The minimum absolute atomic E-state index is 0.0319. The molecule has 1 aromatic carbocycles. The third kappa shape index (κ3) is 1.48. The van der Waals surface area contributed by atoms with Crippen LogP contribution in [0.5, 0.6) is 0 Å². The van der Waals surface area contributed by atoms with E-state index in [4.69, 9.17) is 0 Å². The first-order valence-electron chi connectivity index (χ1n) is 5.05. The average molecular weight is 188 g/mol. The van der Waals surface area contributed by atoms with Crippen molar-refractivity contribution >= 4 is 6.08 Å². The SMILES string of the molecule is CC1(C)/C(=C/c2ccccc2)CC1O. The molecule has 0 spiro atoms. The summed E-state index contributed by atoms with van der Waals surface area (Å²) in [6, 6.07) is 10.3. The third-order valence-electron chi connectivity index (χ3n) is 3.21. The van der Waals surface area contributed by atoms with Gasteiger partial charge in [0.15, 0.2) is 0 Å². The van der Waals surface area contributed by atoms with Gasteiger partial charge in [-0.15, -0.1) is 0 Å². The molecule has 0 aromatic heterocycles. The van der Waals surface area contributed by atoms with Crippen molar-refractivity contribution in [3.8, 4) is 0 Å². The summed E-state index contributed by atoms with van der Waals surface area (Å²) in [6.07, 6.45) is 2.84. The lowest BCUT2D eigenvalue weighted by atomic mass is 9.64. The fraction of sp³-hybridized carbons (Fsp3) is 0.385. The Morgan fingerprint density at radius 1 is 1.29 bits per heavy atom.